The molecule has 5 nitrogen and oxygen atoms in total. The summed E-state index contributed by atoms with van der Waals surface area (Å²) >= 11 is 0. The zero-order valence-corrected chi connectivity index (χ0v) is 41.9. The summed E-state index contributed by atoms with van der Waals surface area (Å²) in [4.78, 5) is 14.6. The number of furan rings is 1. The molecule has 7 heteroatoms. The monoisotopic (exact) mass is 1020 g/mol. The van der Waals surface area contributed by atoms with E-state index in [-0.39, 0.29) is 20.1 Å². The fraction of sp³-hybridized carbons (Fsp3) is 0.268. The van der Waals surface area contributed by atoms with Gasteiger partial charge in [0, 0.05) is 43.1 Å². The number of fused-ring (bicyclic) bond motifs is 4. The molecule has 1 radical (unpaired) electrons. The number of aryl methyl sites for hydroxylation is 2. The zero-order valence-electron chi connectivity index (χ0n) is 38.5. The van der Waals surface area contributed by atoms with Gasteiger partial charge in [-0.3, -0.25) is 4.98 Å². The van der Waals surface area contributed by atoms with Gasteiger partial charge in [-0.1, -0.05) is 133 Å². The third kappa shape index (κ3) is 9.43. The summed E-state index contributed by atoms with van der Waals surface area (Å²) in [6, 6.07) is 47.3. The fourth-order valence-corrected chi connectivity index (χ4v) is 10.1. The van der Waals surface area contributed by atoms with Crippen molar-refractivity contribution in [2.75, 3.05) is 0 Å². The van der Waals surface area contributed by atoms with Crippen molar-refractivity contribution in [3.8, 4) is 39.5 Å². The number of benzene rings is 5. The van der Waals surface area contributed by atoms with Crippen LogP contribution in [0, 0.1) is 31.9 Å². The smallest absolute Gasteiger partial charge is 0.216 e. The predicted molar refractivity (Wildman–Crippen MR) is 264 cm³/mol. The first kappa shape index (κ1) is 45.6. The summed E-state index contributed by atoms with van der Waals surface area (Å²) in [6.07, 6.45) is 3.24. The van der Waals surface area contributed by atoms with Gasteiger partial charge in [0.2, 0.25) is 5.71 Å². The number of hydrogen-bond donors (Lipinski definition) is 0. The molecule has 0 spiro atoms. The van der Waals surface area contributed by atoms with Gasteiger partial charge in [0.25, 0.3) is 0 Å². The third-order valence-corrected chi connectivity index (χ3v) is 13.7. The van der Waals surface area contributed by atoms with Crippen molar-refractivity contribution in [2.45, 2.75) is 93.3 Å². The Bertz CT molecular complexity index is 3000. The molecule has 0 unspecified atom stereocenters. The minimum absolute atomic E-state index is 0. The van der Waals surface area contributed by atoms with Crippen LogP contribution in [0.4, 0.5) is 0 Å². The van der Waals surface area contributed by atoms with Crippen LogP contribution in [-0.2, 0) is 26.5 Å². The van der Waals surface area contributed by atoms with Gasteiger partial charge >= 0.3 is 0 Å². The standard InChI is InChI=1S/C37H32N3O.C19H26NSi.Ir/c1-22(2)30-20-26(25-12-7-6-8-13-25)21-31(23(3)4)34(30)40-33-17-10-9-16-32(33)39-36(40)29-15-11-14-27-28-19-18-24(5)38-37(28)41-35(27)29;1-14(2)11-17-12-18(16-9-7-15(3)8-10-16)20-13-19(17)21(4,5)6;/h6-14,16-23H,1-5H3;7-9,12-14H,11H2,1-6H3;/q2*-1;. The molecule has 0 N–H and O–H groups in total. The molecule has 4 aromatic heterocycles. The predicted octanol–water partition coefficient (Wildman–Crippen LogP) is 14.6. The van der Waals surface area contributed by atoms with Gasteiger partial charge in [-0.15, -0.1) is 53.6 Å². The van der Waals surface area contributed by atoms with Gasteiger partial charge in [-0.2, -0.15) is 0 Å². The van der Waals surface area contributed by atoms with Crippen molar-refractivity contribution >= 4 is 46.4 Å². The molecule has 9 aromatic rings. The van der Waals surface area contributed by atoms with E-state index in [1.807, 2.05) is 31.2 Å². The van der Waals surface area contributed by atoms with E-state index in [4.69, 9.17) is 14.4 Å². The zero-order chi connectivity index (χ0) is 43.9. The van der Waals surface area contributed by atoms with Crippen LogP contribution in [0.15, 0.2) is 126 Å². The molecule has 0 atom stereocenters. The first-order valence-electron chi connectivity index (χ1n) is 22.1. The summed E-state index contributed by atoms with van der Waals surface area (Å²) in [5.74, 6) is 2.07. The minimum atomic E-state index is -1.35. The van der Waals surface area contributed by atoms with Crippen molar-refractivity contribution in [2.24, 2.45) is 5.92 Å². The number of rotatable bonds is 9. The average Bonchev–Trinajstić information content (AvgIpc) is 3.81. The summed E-state index contributed by atoms with van der Waals surface area (Å²) in [6.45, 7) is 24.9. The van der Waals surface area contributed by atoms with Gasteiger partial charge < -0.3 is 14.0 Å². The van der Waals surface area contributed by atoms with Crippen LogP contribution in [0.25, 0.3) is 72.6 Å². The molecule has 0 saturated heterocycles. The van der Waals surface area contributed by atoms with E-state index >= 15 is 0 Å². The normalized spacial score (nSPS) is 11.8. The molecule has 4 heterocycles. The van der Waals surface area contributed by atoms with Crippen LogP contribution < -0.4 is 5.19 Å². The molecular weight excluding hydrogens is 965 g/mol. The number of hydrogen-bond acceptors (Lipinski definition) is 4. The number of imidazole rings is 1. The van der Waals surface area contributed by atoms with Crippen LogP contribution in [0.2, 0.25) is 19.6 Å². The Morgan fingerprint density at radius 1 is 0.714 bits per heavy atom. The molecule has 323 valence electrons. The maximum absolute atomic E-state index is 6.44. The molecule has 0 aliphatic carbocycles. The molecule has 0 fully saturated rings. The Kier molecular flexibility index (Phi) is 13.5. The van der Waals surface area contributed by atoms with Crippen molar-refractivity contribution in [1.82, 2.24) is 19.5 Å². The summed E-state index contributed by atoms with van der Waals surface area (Å²) < 4.78 is 8.78. The fourth-order valence-electron chi connectivity index (χ4n) is 8.51. The largest absolute Gasteiger partial charge is 0.486 e. The first-order chi connectivity index (χ1) is 29.7. The first-order valence-corrected chi connectivity index (χ1v) is 25.6. The molecule has 0 aliphatic rings. The van der Waals surface area contributed by atoms with E-state index in [9.17, 15) is 0 Å². The van der Waals surface area contributed by atoms with Crippen molar-refractivity contribution < 1.29 is 24.5 Å². The van der Waals surface area contributed by atoms with Gasteiger partial charge in [0.1, 0.15) is 0 Å². The second kappa shape index (κ2) is 18.7. The Morgan fingerprint density at radius 2 is 1.41 bits per heavy atom. The van der Waals surface area contributed by atoms with Gasteiger partial charge in [-0.05, 0) is 101 Å². The van der Waals surface area contributed by atoms with Gasteiger partial charge in [0.15, 0.2) is 0 Å². The Hall–Kier alpha value is -5.46. The second-order valence-electron chi connectivity index (χ2n) is 18.8. The van der Waals surface area contributed by atoms with Crippen LogP contribution >= 0.6 is 0 Å². The number of para-hydroxylation sites is 2. The third-order valence-electron chi connectivity index (χ3n) is 11.6. The molecule has 0 saturated carbocycles. The van der Waals surface area contributed by atoms with Crippen LogP contribution in [0.1, 0.15) is 81.3 Å². The van der Waals surface area contributed by atoms with Crippen LogP contribution in [0.3, 0.4) is 0 Å². The van der Waals surface area contributed by atoms with Gasteiger partial charge in [-0.25, -0.2) is 4.98 Å². The Morgan fingerprint density at radius 3 is 2.06 bits per heavy atom. The Balaban J connectivity index is 0.000000229. The number of pyridine rings is 2. The summed E-state index contributed by atoms with van der Waals surface area (Å²) in [5, 5.41) is 3.51. The molecule has 0 aliphatic heterocycles. The minimum Gasteiger partial charge on any atom is -0.486 e. The number of nitrogens with zero attached hydrogens (tertiary/aromatic N) is 4. The molecule has 5 aromatic carbocycles. The van der Waals surface area contributed by atoms with Crippen LogP contribution in [-0.4, -0.2) is 27.6 Å². The maximum atomic E-state index is 6.44. The van der Waals surface area contributed by atoms with E-state index < -0.39 is 8.07 Å². The Labute approximate surface area is 388 Å². The van der Waals surface area contributed by atoms with E-state index in [1.54, 1.807) is 0 Å². The van der Waals surface area contributed by atoms with Crippen molar-refractivity contribution in [3.05, 3.63) is 162 Å². The number of aromatic nitrogens is 4. The van der Waals surface area contributed by atoms with Crippen LogP contribution in [0.5, 0.6) is 0 Å². The van der Waals surface area contributed by atoms with Gasteiger partial charge in [0.05, 0.1) is 30.5 Å². The molecule has 9 rings (SSSR count). The van der Waals surface area contributed by atoms with E-state index in [0.29, 0.717) is 23.5 Å². The van der Waals surface area contributed by atoms with E-state index in [1.165, 1.54) is 44.3 Å². The quantitative estimate of drug-likeness (QED) is 0.107. The molecular formula is C56H58IrN4OSi-2. The summed E-state index contributed by atoms with van der Waals surface area (Å²) in [5.41, 5.74) is 16.2. The van der Waals surface area contributed by atoms with Crippen molar-refractivity contribution in [1.29, 1.82) is 0 Å². The maximum Gasteiger partial charge on any atom is 0.216 e. The molecule has 0 amide bonds. The molecule has 63 heavy (non-hydrogen) atoms. The summed E-state index contributed by atoms with van der Waals surface area (Å²) in [7, 11) is -1.35. The molecule has 0 bridgehead atoms. The topological polar surface area (TPSA) is 56.7 Å². The SMILES string of the molecule is Cc1c[c-]c(-c2cc(CC(C)C)c([Si](C)(C)C)cn2)cc1.Cc1ccc2c(n1)oc1c(-c3nc4ccccc4n3-c3c(C(C)C)cc(-c4ccccc4)cc3C(C)C)[c-]ccc12.[Ir]. The average molecular weight is 1020 g/mol. The van der Waals surface area contributed by atoms with E-state index in [2.05, 4.69) is 187 Å². The van der Waals surface area contributed by atoms with E-state index in [0.717, 1.165) is 62.1 Å². The second-order valence-corrected chi connectivity index (χ2v) is 23.8. The van der Waals surface area contributed by atoms with Crippen molar-refractivity contribution in [3.63, 3.8) is 0 Å².